The third kappa shape index (κ3) is 7.52. The molecule has 2 aromatic carbocycles. The van der Waals surface area contributed by atoms with Crippen molar-refractivity contribution < 1.29 is 19.1 Å². The average molecular weight is 729 g/mol. The minimum atomic E-state index is -0.247. The van der Waals surface area contributed by atoms with Crippen LogP contribution in [0.4, 0.5) is 5.95 Å². The molecule has 0 radical (unpaired) electrons. The number of hydrogen-bond acceptors (Lipinski definition) is 8. The van der Waals surface area contributed by atoms with Crippen molar-refractivity contribution in [3.63, 3.8) is 0 Å². The monoisotopic (exact) mass is 728 g/mol. The molecule has 3 aliphatic rings. The fourth-order valence-electron chi connectivity index (χ4n) is 8.27. The number of carbonyl (C=O) groups excluding carboxylic acids is 3. The van der Waals surface area contributed by atoms with Gasteiger partial charge in [-0.25, -0.2) is 9.67 Å². The summed E-state index contributed by atoms with van der Waals surface area (Å²) < 4.78 is 10.2. The van der Waals surface area contributed by atoms with E-state index in [0.717, 1.165) is 86.1 Å². The topological polar surface area (TPSA) is 136 Å². The van der Waals surface area contributed by atoms with Crippen molar-refractivity contribution in [2.45, 2.75) is 77.2 Å². The van der Waals surface area contributed by atoms with Gasteiger partial charge in [-0.15, -0.1) is 0 Å². The summed E-state index contributed by atoms with van der Waals surface area (Å²) in [6.07, 6.45) is 7.65. The van der Waals surface area contributed by atoms with E-state index in [2.05, 4.69) is 62.5 Å². The van der Waals surface area contributed by atoms with Gasteiger partial charge in [0.25, 0.3) is 5.91 Å². The first-order valence-corrected chi connectivity index (χ1v) is 19.3. The lowest BCUT2D eigenvalue weighted by molar-refractivity contribution is -0.134. The zero-order chi connectivity index (χ0) is 37.3. The molecule has 2 bridgehead atoms. The molecular formula is C42H48N8O4. The molecule has 54 heavy (non-hydrogen) atoms. The summed E-state index contributed by atoms with van der Waals surface area (Å²) in [4.78, 5) is 49.9. The predicted octanol–water partition coefficient (Wildman–Crippen LogP) is 6.14. The van der Waals surface area contributed by atoms with E-state index >= 15 is 0 Å². The Hall–Kier alpha value is -5.36. The molecule has 1 unspecified atom stereocenters. The van der Waals surface area contributed by atoms with Crippen LogP contribution in [0.5, 0.6) is 5.88 Å². The van der Waals surface area contributed by atoms with Crippen molar-refractivity contribution >= 4 is 34.7 Å². The Morgan fingerprint density at radius 2 is 1.70 bits per heavy atom. The summed E-state index contributed by atoms with van der Waals surface area (Å²) in [5.41, 5.74) is 8.12. The Morgan fingerprint density at radius 3 is 2.50 bits per heavy atom. The number of benzene rings is 2. The largest absolute Gasteiger partial charge is 0.477 e. The molecule has 3 amide bonds. The van der Waals surface area contributed by atoms with Crippen molar-refractivity contribution in [1.82, 2.24) is 34.5 Å². The number of likely N-dealkylation sites (tertiary alicyclic amines) is 1. The van der Waals surface area contributed by atoms with Crippen molar-refractivity contribution in [2.75, 3.05) is 31.6 Å². The maximum atomic E-state index is 13.8. The van der Waals surface area contributed by atoms with E-state index < -0.39 is 0 Å². The summed E-state index contributed by atoms with van der Waals surface area (Å²) in [6, 6.07) is 18.5. The molecule has 2 atom stereocenters. The standard InChI is InChI=1S/C42H48N8O4/c1-26-5-4-20-54-41-34(24-43-48(41)3)36-22-32(21-27(2)44-36)39(52)47-42-45-35-12-10-31(23-37(35)50(42)25-26)29-15-18-49(19-16-29)17-14-28-6-8-30(9-7-28)33-11-13-38(51)46-40(33)53/h6-10,12,21-24,26,29,33H,4-5,11,13-20,25H2,1-3H3,(H,45,47,52)(H,46,51,53)/t26-,33?/m1/s1. The highest BCUT2D eigenvalue weighted by Gasteiger charge is 2.28. The molecule has 0 spiro atoms. The highest BCUT2D eigenvalue weighted by molar-refractivity contribution is 6.05. The van der Waals surface area contributed by atoms with Crippen LogP contribution >= 0.6 is 0 Å². The lowest BCUT2D eigenvalue weighted by Crippen LogP contribution is -2.39. The van der Waals surface area contributed by atoms with Gasteiger partial charge in [0.2, 0.25) is 23.6 Å². The van der Waals surface area contributed by atoms with E-state index in [1.807, 2.05) is 26.1 Å². The first-order valence-electron chi connectivity index (χ1n) is 19.3. The number of aromatic nitrogens is 5. The third-order valence-corrected chi connectivity index (χ3v) is 11.3. The number of hydrogen-bond donors (Lipinski definition) is 2. The number of nitrogens with zero attached hydrogens (tertiary/aromatic N) is 6. The lowest BCUT2D eigenvalue weighted by atomic mass is 9.89. The fourth-order valence-corrected chi connectivity index (χ4v) is 8.27. The Labute approximate surface area is 315 Å². The maximum absolute atomic E-state index is 13.8. The SMILES string of the molecule is Cc1cc2cc(n1)-c1cnn(C)c1OCCC[C@@H](C)Cn1c(nc3ccc(C4CCN(CCc5ccc(C6CCC(=O)NC6=O)cc5)CC4)cc31)NC2=O. The Balaban J connectivity index is 0.957. The summed E-state index contributed by atoms with van der Waals surface area (Å²) in [5.74, 6) is 1.13. The number of pyridine rings is 1. The average Bonchev–Trinajstić information content (AvgIpc) is 3.70. The lowest BCUT2D eigenvalue weighted by Gasteiger charge is -2.32. The van der Waals surface area contributed by atoms with Crippen LogP contribution in [0, 0.1) is 12.8 Å². The van der Waals surface area contributed by atoms with Gasteiger partial charge in [-0.05, 0) is 111 Å². The van der Waals surface area contributed by atoms with Crippen molar-refractivity contribution in [3.8, 4) is 17.1 Å². The van der Waals surface area contributed by atoms with Gasteiger partial charge in [0.1, 0.15) is 0 Å². The number of amides is 3. The molecule has 2 saturated heterocycles. The maximum Gasteiger partial charge on any atom is 0.258 e. The number of anilines is 1. The molecular weight excluding hydrogens is 681 g/mol. The number of nitrogens with one attached hydrogen (secondary N) is 2. The second kappa shape index (κ2) is 15.2. The van der Waals surface area contributed by atoms with Crippen LogP contribution in [0.1, 0.15) is 90.0 Å². The first kappa shape index (κ1) is 35.7. The molecule has 2 fully saturated rings. The van der Waals surface area contributed by atoms with Gasteiger partial charge in [-0.2, -0.15) is 5.10 Å². The van der Waals surface area contributed by atoms with Crippen LogP contribution < -0.4 is 15.4 Å². The molecule has 0 saturated carbocycles. The van der Waals surface area contributed by atoms with E-state index in [4.69, 9.17) is 14.7 Å². The highest BCUT2D eigenvalue weighted by Crippen LogP contribution is 2.34. The normalized spacial score (nSPS) is 20.3. The van der Waals surface area contributed by atoms with Crippen molar-refractivity contribution in [1.29, 1.82) is 0 Å². The Morgan fingerprint density at radius 1 is 0.907 bits per heavy atom. The fraction of sp³-hybridized carbons (Fsp3) is 0.429. The van der Waals surface area contributed by atoms with Crippen LogP contribution in [0.25, 0.3) is 22.3 Å². The third-order valence-electron chi connectivity index (χ3n) is 11.3. The summed E-state index contributed by atoms with van der Waals surface area (Å²) in [5, 5.41) is 10.0. The number of rotatable bonds is 5. The molecule has 12 nitrogen and oxygen atoms in total. The summed E-state index contributed by atoms with van der Waals surface area (Å²) in [7, 11) is 1.86. The molecule has 12 heteroatoms. The van der Waals surface area contributed by atoms with Gasteiger partial charge in [0, 0.05) is 37.8 Å². The van der Waals surface area contributed by atoms with E-state index in [-0.39, 0.29) is 23.6 Å². The first-order chi connectivity index (χ1) is 26.2. The van der Waals surface area contributed by atoms with E-state index in [1.165, 1.54) is 11.1 Å². The number of imide groups is 1. The van der Waals surface area contributed by atoms with E-state index in [9.17, 15) is 14.4 Å². The second-order valence-corrected chi connectivity index (χ2v) is 15.3. The molecule has 3 aliphatic heterocycles. The highest BCUT2D eigenvalue weighted by atomic mass is 16.5. The van der Waals surface area contributed by atoms with Crippen molar-refractivity contribution in [3.05, 3.63) is 88.7 Å². The molecule has 3 aromatic heterocycles. The van der Waals surface area contributed by atoms with Gasteiger partial charge in [-0.3, -0.25) is 30.0 Å². The minimum Gasteiger partial charge on any atom is -0.477 e. The Kier molecular flexibility index (Phi) is 10.0. The smallest absolute Gasteiger partial charge is 0.258 e. The zero-order valence-electron chi connectivity index (χ0n) is 31.3. The molecule has 5 aromatic rings. The van der Waals surface area contributed by atoms with Gasteiger partial charge < -0.3 is 14.2 Å². The number of fused-ring (bicyclic) bond motifs is 7. The number of ether oxygens (including phenoxy) is 1. The van der Waals surface area contributed by atoms with E-state index in [1.54, 1.807) is 23.0 Å². The van der Waals surface area contributed by atoms with Gasteiger partial charge in [-0.1, -0.05) is 37.3 Å². The number of imidazole rings is 1. The van der Waals surface area contributed by atoms with Crippen LogP contribution in [-0.4, -0.2) is 73.2 Å². The molecule has 0 aliphatic carbocycles. The number of aryl methyl sites for hydroxylation is 2. The molecule has 8 rings (SSSR count). The van der Waals surface area contributed by atoms with Gasteiger partial charge in [0.05, 0.1) is 41.0 Å². The van der Waals surface area contributed by atoms with Crippen LogP contribution in [-0.2, 0) is 29.6 Å². The minimum absolute atomic E-state index is 0.183. The summed E-state index contributed by atoms with van der Waals surface area (Å²) in [6.45, 7) is 8.47. The van der Waals surface area contributed by atoms with Gasteiger partial charge >= 0.3 is 0 Å². The van der Waals surface area contributed by atoms with Gasteiger partial charge in [0.15, 0.2) is 0 Å². The van der Waals surface area contributed by atoms with Crippen molar-refractivity contribution in [2.24, 2.45) is 13.0 Å². The van der Waals surface area contributed by atoms with Crippen LogP contribution in [0.3, 0.4) is 0 Å². The predicted molar refractivity (Wildman–Crippen MR) is 206 cm³/mol. The second-order valence-electron chi connectivity index (χ2n) is 15.3. The molecule has 6 heterocycles. The van der Waals surface area contributed by atoms with Crippen LogP contribution in [0.2, 0.25) is 0 Å². The number of carbonyl (C=O) groups is 3. The Bertz CT molecular complexity index is 2200. The van der Waals surface area contributed by atoms with E-state index in [0.29, 0.717) is 54.4 Å². The van der Waals surface area contributed by atoms with Crippen LogP contribution in [0.15, 0.2) is 60.8 Å². The number of piperidine rings is 2. The quantitative estimate of drug-likeness (QED) is 0.206. The molecule has 280 valence electrons. The molecule has 2 N–H and O–H groups in total. The zero-order valence-corrected chi connectivity index (χ0v) is 31.3. The summed E-state index contributed by atoms with van der Waals surface area (Å²) >= 11 is 0.